The summed E-state index contributed by atoms with van der Waals surface area (Å²) in [5, 5.41) is 5.99. The van der Waals surface area contributed by atoms with Crippen molar-refractivity contribution in [1.82, 2.24) is 9.62 Å². The van der Waals surface area contributed by atoms with Gasteiger partial charge in [0.1, 0.15) is 10.6 Å². The highest BCUT2D eigenvalue weighted by Crippen LogP contribution is 2.30. The minimum Gasteiger partial charge on any atom is -0.492 e. The molecule has 0 spiro atoms. The molecule has 0 saturated carbocycles. The molecule has 0 bridgehead atoms. The van der Waals surface area contributed by atoms with Gasteiger partial charge in [-0.05, 0) is 25.1 Å². The number of carbonyl (C=O) groups is 1. The normalized spacial score (nSPS) is 17.1. The first kappa shape index (κ1) is 24.6. The Morgan fingerprint density at radius 1 is 1.32 bits per heavy atom. The summed E-state index contributed by atoms with van der Waals surface area (Å²) in [5.41, 5.74) is 0.422. The first-order valence-electron chi connectivity index (χ1n) is 9.30. The highest BCUT2D eigenvalue weighted by atomic mass is 35.5. The molecule has 0 aromatic heterocycles. The van der Waals surface area contributed by atoms with E-state index in [2.05, 4.69) is 10.6 Å². The average Bonchev–Trinajstić information content (AvgIpc) is 2.64. The molecule has 160 valence electrons. The summed E-state index contributed by atoms with van der Waals surface area (Å²) in [4.78, 5) is 12.4. The van der Waals surface area contributed by atoms with Crippen LogP contribution in [0, 0.1) is 0 Å². The summed E-state index contributed by atoms with van der Waals surface area (Å²) in [6.07, 6.45) is 0.255. The second-order valence-corrected chi connectivity index (χ2v) is 8.07. The van der Waals surface area contributed by atoms with Crippen LogP contribution >= 0.6 is 12.4 Å². The minimum atomic E-state index is -3.71. The molecule has 1 aliphatic heterocycles. The Hall–Kier alpha value is -1.39. The molecule has 1 aliphatic rings. The number of sulfonamides is 1. The fourth-order valence-corrected chi connectivity index (χ4v) is 4.57. The Bertz CT molecular complexity index is 735. The maximum atomic E-state index is 13.0. The summed E-state index contributed by atoms with van der Waals surface area (Å²) in [6.45, 7) is 8.26. The zero-order chi connectivity index (χ0) is 19.9. The van der Waals surface area contributed by atoms with Gasteiger partial charge in [0.25, 0.3) is 0 Å². The SMILES string of the molecule is CCOc1ccc(NC(=O)CC2COCCN2)cc1S(=O)(=O)N(CC)CC.Cl. The van der Waals surface area contributed by atoms with E-state index in [4.69, 9.17) is 9.47 Å². The zero-order valence-corrected chi connectivity index (χ0v) is 18.2. The highest BCUT2D eigenvalue weighted by molar-refractivity contribution is 7.89. The number of benzene rings is 1. The highest BCUT2D eigenvalue weighted by Gasteiger charge is 2.26. The van der Waals surface area contributed by atoms with Crippen LogP contribution in [0.25, 0.3) is 0 Å². The van der Waals surface area contributed by atoms with E-state index in [0.29, 0.717) is 45.1 Å². The molecule has 1 unspecified atom stereocenters. The molecule has 1 atom stereocenters. The number of morpholine rings is 1. The Morgan fingerprint density at radius 2 is 2.04 bits per heavy atom. The lowest BCUT2D eigenvalue weighted by atomic mass is 10.2. The van der Waals surface area contributed by atoms with Crippen LogP contribution in [0.1, 0.15) is 27.2 Å². The average molecular weight is 436 g/mol. The Labute approximate surface area is 173 Å². The number of anilines is 1. The van der Waals surface area contributed by atoms with Gasteiger partial charge < -0.3 is 20.1 Å². The van der Waals surface area contributed by atoms with E-state index in [1.165, 1.54) is 10.4 Å². The van der Waals surface area contributed by atoms with Gasteiger partial charge in [-0.15, -0.1) is 12.4 Å². The smallest absolute Gasteiger partial charge is 0.246 e. The molecule has 28 heavy (non-hydrogen) atoms. The fourth-order valence-electron chi connectivity index (χ4n) is 2.95. The number of ether oxygens (including phenoxy) is 2. The maximum absolute atomic E-state index is 13.0. The summed E-state index contributed by atoms with van der Waals surface area (Å²) >= 11 is 0. The lowest BCUT2D eigenvalue weighted by Crippen LogP contribution is -2.43. The predicted molar refractivity (Wildman–Crippen MR) is 111 cm³/mol. The molecule has 1 heterocycles. The van der Waals surface area contributed by atoms with Crippen molar-refractivity contribution < 1.29 is 22.7 Å². The van der Waals surface area contributed by atoms with Crippen LogP contribution < -0.4 is 15.4 Å². The van der Waals surface area contributed by atoms with Gasteiger partial charge in [-0.25, -0.2) is 8.42 Å². The van der Waals surface area contributed by atoms with Gasteiger partial charge in [0, 0.05) is 37.8 Å². The van der Waals surface area contributed by atoms with Crippen molar-refractivity contribution in [3.8, 4) is 5.75 Å². The Morgan fingerprint density at radius 3 is 2.61 bits per heavy atom. The van der Waals surface area contributed by atoms with E-state index in [1.54, 1.807) is 32.9 Å². The fraction of sp³-hybridized carbons (Fsp3) is 0.611. The monoisotopic (exact) mass is 435 g/mol. The standard InChI is InChI=1S/C18H29N3O5S.ClH/c1-4-21(5-2)27(23,24)17-11-14(7-8-16(17)26-6-3)20-18(22)12-15-13-25-10-9-19-15;/h7-8,11,15,19H,4-6,9-10,12-13H2,1-3H3,(H,20,22);1H. The number of nitrogens with zero attached hydrogens (tertiary/aromatic N) is 1. The van der Waals surface area contributed by atoms with Crippen LogP contribution in [0.5, 0.6) is 5.75 Å². The van der Waals surface area contributed by atoms with E-state index in [-0.39, 0.29) is 41.4 Å². The first-order valence-corrected chi connectivity index (χ1v) is 10.7. The third-order valence-corrected chi connectivity index (χ3v) is 6.35. The number of rotatable bonds is 9. The quantitative estimate of drug-likeness (QED) is 0.614. The van der Waals surface area contributed by atoms with Crippen molar-refractivity contribution in [2.75, 3.05) is 44.8 Å². The van der Waals surface area contributed by atoms with Gasteiger partial charge in [0.2, 0.25) is 15.9 Å². The molecule has 2 rings (SSSR count). The van der Waals surface area contributed by atoms with Crippen LogP contribution in [0.3, 0.4) is 0 Å². The van der Waals surface area contributed by atoms with Gasteiger partial charge in [-0.1, -0.05) is 13.8 Å². The lowest BCUT2D eigenvalue weighted by molar-refractivity contribution is -0.117. The Balaban J connectivity index is 0.00000392. The van der Waals surface area contributed by atoms with Gasteiger partial charge in [-0.2, -0.15) is 4.31 Å². The van der Waals surface area contributed by atoms with Crippen LogP contribution in [-0.4, -0.2) is 64.1 Å². The van der Waals surface area contributed by atoms with Crippen LogP contribution in [0.15, 0.2) is 23.1 Å². The van der Waals surface area contributed by atoms with E-state index in [0.717, 1.165) is 0 Å². The van der Waals surface area contributed by atoms with Gasteiger partial charge in [0.15, 0.2) is 0 Å². The summed E-state index contributed by atoms with van der Waals surface area (Å²) in [7, 11) is -3.71. The van der Waals surface area contributed by atoms with E-state index >= 15 is 0 Å². The molecular formula is C18H30ClN3O5S. The van der Waals surface area contributed by atoms with Crippen LogP contribution in [0.4, 0.5) is 5.69 Å². The number of amides is 1. The minimum absolute atomic E-state index is 0. The van der Waals surface area contributed by atoms with Crippen molar-refractivity contribution in [2.45, 2.75) is 38.1 Å². The van der Waals surface area contributed by atoms with E-state index in [9.17, 15) is 13.2 Å². The molecule has 10 heteroatoms. The second kappa shape index (κ2) is 11.6. The number of halogens is 1. The molecule has 1 saturated heterocycles. The Kier molecular flexibility index (Phi) is 10.2. The van der Waals surface area contributed by atoms with Gasteiger partial charge in [0.05, 0.1) is 19.8 Å². The van der Waals surface area contributed by atoms with Crippen LogP contribution in [-0.2, 0) is 19.6 Å². The molecule has 1 fully saturated rings. The van der Waals surface area contributed by atoms with Crippen molar-refractivity contribution >= 4 is 34.0 Å². The van der Waals surface area contributed by atoms with Crippen molar-refractivity contribution in [3.63, 3.8) is 0 Å². The third kappa shape index (κ3) is 6.31. The zero-order valence-electron chi connectivity index (χ0n) is 16.6. The van der Waals surface area contributed by atoms with Gasteiger partial charge >= 0.3 is 0 Å². The van der Waals surface area contributed by atoms with Crippen molar-refractivity contribution in [3.05, 3.63) is 18.2 Å². The van der Waals surface area contributed by atoms with Crippen LogP contribution in [0.2, 0.25) is 0 Å². The van der Waals surface area contributed by atoms with Gasteiger partial charge in [-0.3, -0.25) is 4.79 Å². The predicted octanol–water partition coefficient (Wildman–Crippen LogP) is 1.85. The second-order valence-electron chi connectivity index (χ2n) is 6.16. The molecule has 8 nitrogen and oxygen atoms in total. The summed E-state index contributed by atoms with van der Waals surface area (Å²) < 4.78 is 38.1. The first-order chi connectivity index (χ1) is 12.9. The molecule has 1 aromatic carbocycles. The number of nitrogens with one attached hydrogen (secondary N) is 2. The summed E-state index contributed by atoms with van der Waals surface area (Å²) in [6, 6.07) is 4.65. The van der Waals surface area contributed by atoms with E-state index < -0.39 is 10.0 Å². The maximum Gasteiger partial charge on any atom is 0.246 e. The molecular weight excluding hydrogens is 406 g/mol. The largest absolute Gasteiger partial charge is 0.492 e. The lowest BCUT2D eigenvalue weighted by Gasteiger charge is -2.23. The van der Waals surface area contributed by atoms with Crippen molar-refractivity contribution in [1.29, 1.82) is 0 Å². The topological polar surface area (TPSA) is 97.0 Å². The van der Waals surface area contributed by atoms with E-state index in [1.807, 2.05) is 0 Å². The third-order valence-electron chi connectivity index (χ3n) is 4.28. The number of carbonyl (C=O) groups excluding carboxylic acids is 1. The molecule has 1 aromatic rings. The molecule has 0 radical (unpaired) electrons. The summed E-state index contributed by atoms with van der Waals surface area (Å²) in [5.74, 6) is 0.0816. The molecule has 1 amide bonds. The number of hydrogen-bond donors (Lipinski definition) is 2. The number of hydrogen-bond acceptors (Lipinski definition) is 6. The molecule has 0 aliphatic carbocycles. The molecule has 2 N–H and O–H groups in total. The van der Waals surface area contributed by atoms with Crippen molar-refractivity contribution in [2.24, 2.45) is 0 Å².